The summed E-state index contributed by atoms with van der Waals surface area (Å²) in [6, 6.07) is 5.33. The van der Waals surface area contributed by atoms with Crippen molar-refractivity contribution < 1.29 is 19.0 Å². The molecule has 3 aliphatic rings. The van der Waals surface area contributed by atoms with E-state index in [2.05, 4.69) is 0 Å². The van der Waals surface area contributed by atoms with Crippen molar-refractivity contribution in [3.63, 3.8) is 0 Å². The molecule has 0 amide bonds. The number of fused-ring (bicyclic) bond motifs is 1. The molecule has 1 aromatic rings. The monoisotopic (exact) mass is 246 g/mol. The Morgan fingerprint density at radius 3 is 2.67 bits per heavy atom. The van der Waals surface area contributed by atoms with Crippen LogP contribution in [-0.4, -0.2) is 11.8 Å². The zero-order valence-corrected chi connectivity index (χ0v) is 9.98. The summed E-state index contributed by atoms with van der Waals surface area (Å²) in [5.41, 5.74) is 0. The maximum atomic E-state index is 11.6. The van der Waals surface area contributed by atoms with Gasteiger partial charge in [-0.1, -0.05) is 0 Å². The van der Waals surface area contributed by atoms with Crippen LogP contribution in [0.4, 0.5) is 0 Å². The molecule has 2 aliphatic carbocycles. The molecule has 1 aliphatic heterocycles. The second-order valence-corrected chi connectivity index (χ2v) is 5.27. The number of carbonyl (C=O) groups is 1. The molecule has 0 aromatic heterocycles. The van der Waals surface area contributed by atoms with Crippen LogP contribution in [0.5, 0.6) is 17.2 Å². The molecule has 2 saturated carbocycles. The van der Waals surface area contributed by atoms with Gasteiger partial charge in [0, 0.05) is 18.9 Å². The van der Waals surface area contributed by atoms with Crippen molar-refractivity contribution in [3.8, 4) is 17.2 Å². The molecule has 1 heterocycles. The Morgan fingerprint density at radius 1 is 1.22 bits per heavy atom. The average Bonchev–Trinajstić information content (AvgIpc) is 3.08. The van der Waals surface area contributed by atoms with Crippen molar-refractivity contribution in [2.24, 2.45) is 5.92 Å². The van der Waals surface area contributed by atoms with Crippen LogP contribution < -0.4 is 14.2 Å². The summed E-state index contributed by atoms with van der Waals surface area (Å²) in [4.78, 5) is 11.6. The minimum atomic E-state index is -0.429. The van der Waals surface area contributed by atoms with Gasteiger partial charge in [0.05, 0.1) is 5.92 Å². The van der Waals surface area contributed by atoms with Crippen LogP contribution in [0.15, 0.2) is 18.2 Å². The van der Waals surface area contributed by atoms with Gasteiger partial charge < -0.3 is 14.2 Å². The molecule has 0 saturated heterocycles. The lowest BCUT2D eigenvalue weighted by molar-refractivity contribution is -0.138. The first-order chi connectivity index (χ1) is 8.74. The van der Waals surface area contributed by atoms with Gasteiger partial charge in [0.2, 0.25) is 0 Å². The molecule has 1 aromatic carbocycles. The van der Waals surface area contributed by atoms with Gasteiger partial charge in [-0.05, 0) is 31.4 Å². The third-order valence-corrected chi connectivity index (χ3v) is 3.75. The van der Waals surface area contributed by atoms with Crippen molar-refractivity contribution in [1.29, 1.82) is 0 Å². The van der Waals surface area contributed by atoms with Crippen LogP contribution in [0.25, 0.3) is 0 Å². The number of ether oxygens (including phenoxy) is 3. The number of esters is 1. The first-order valence-corrected chi connectivity index (χ1v) is 6.48. The van der Waals surface area contributed by atoms with E-state index in [0.29, 0.717) is 11.5 Å². The fourth-order valence-electron chi connectivity index (χ4n) is 2.33. The predicted octanol–water partition coefficient (Wildman–Crippen LogP) is 2.65. The van der Waals surface area contributed by atoms with E-state index in [-0.39, 0.29) is 11.9 Å². The van der Waals surface area contributed by atoms with E-state index in [0.717, 1.165) is 37.9 Å². The highest BCUT2D eigenvalue weighted by Gasteiger charge is 2.47. The molecule has 1 spiro atoms. The van der Waals surface area contributed by atoms with Gasteiger partial charge in [-0.2, -0.15) is 0 Å². The highest BCUT2D eigenvalue weighted by molar-refractivity contribution is 5.77. The zero-order chi connectivity index (χ0) is 12.2. The number of carbonyl (C=O) groups excluding carboxylic acids is 1. The highest BCUT2D eigenvalue weighted by Crippen LogP contribution is 2.49. The molecule has 4 nitrogen and oxygen atoms in total. The Labute approximate surface area is 105 Å². The lowest BCUT2D eigenvalue weighted by Gasteiger charge is -2.35. The van der Waals surface area contributed by atoms with E-state index in [1.165, 1.54) is 0 Å². The van der Waals surface area contributed by atoms with Crippen LogP contribution in [0.2, 0.25) is 0 Å². The number of hydrogen-bond donors (Lipinski definition) is 0. The molecule has 0 atom stereocenters. The Bertz CT molecular complexity index is 515. The van der Waals surface area contributed by atoms with E-state index >= 15 is 0 Å². The molecular weight excluding hydrogens is 232 g/mol. The third-order valence-electron chi connectivity index (χ3n) is 3.75. The summed E-state index contributed by atoms with van der Waals surface area (Å²) >= 11 is 0. The minimum Gasteiger partial charge on any atom is -0.448 e. The maximum Gasteiger partial charge on any atom is 0.314 e. The van der Waals surface area contributed by atoms with Crippen LogP contribution in [0.1, 0.15) is 32.1 Å². The van der Waals surface area contributed by atoms with Gasteiger partial charge in [0.1, 0.15) is 5.75 Å². The molecule has 4 heteroatoms. The third kappa shape index (κ3) is 1.55. The van der Waals surface area contributed by atoms with Gasteiger partial charge >= 0.3 is 5.97 Å². The van der Waals surface area contributed by atoms with E-state index in [4.69, 9.17) is 14.2 Å². The maximum absolute atomic E-state index is 11.6. The van der Waals surface area contributed by atoms with Crippen LogP contribution in [0, 0.1) is 5.92 Å². The Balaban J connectivity index is 1.54. The molecule has 94 valence electrons. The van der Waals surface area contributed by atoms with E-state index in [9.17, 15) is 4.79 Å². The van der Waals surface area contributed by atoms with Gasteiger partial charge in [0.25, 0.3) is 5.79 Å². The second-order valence-electron chi connectivity index (χ2n) is 5.27. The topological polar surface area (TPSA) is 44.8 Å². The van der Waals surface area contributed by atoms with Crippen molar-refractivity contribution in [2.75, 3.05) is 0 Å². The first kappa shape index (κ1) is 10.2. The van der Waals surface area contributed by atoms with Crippen LogP contribution in [-0.2, 0) is 4.79 Å². The fraction of sp³-hybridized carbons (Fsp3) is 0.500. The standard InChI is InChI=1S/C14H14O4/c15-13(9-2-3-9)16-10-4-5-11-12(8-10)18-14(17-11)6-1-7-14/h4-5,8-9H,1-3,6-7H2. The van der Waals surface area contributed by atoms with Crippen molar-refractivity contribution >= 4 is 5.97 Å². The van der Waals surface area contributed by atoms with Crippen LogP contribution >= 0.6 is 0 Å². The molecule has 0 bridgehead atoms. The Hall–Kier alpha value is -1.71. The Morgan fingerprint density at radius 2 is 2.00 bits per heavy atom. The second kappa shape index (κ2) is 3.40. The largest absolute Gasteiger partial charge is 0.448 e. The van der Waals surface area contributed by atoms with Gasteiger partial charge in [0.15, 0.2) is 11.5 Å². The quantitative estimate of drug-likeness (QED) is 0.594. The van der Waals surface area contributed by atoms with Crippen molar-refractivity contribution in [1.82, 2.24) is 0 Å². The smallest absolute Gasteiger partial charge is 0.314 e. The normalized spacial score (nSPS) is 22.7. The molecule has 18 heavy (non-hydrogen) atoms. The number of hydrogen-bond acceptors (Lipinski definition) is 4. The SMILES string of the molecule is O=C(Oc1ccc2c(c1)OC1(CCC1)O2)C1CC1. The zero-order valence-electron chi connectivity index (χ0n) is 9.98. The molecule has 4 rings (SSSR count). The molecule has 0 radical (unpaired) electrons. The van der Waals surface area contributed by atoms with Crippen molar-refractivity contribution in [2.45, 2.75) is 37.9 Å². The molecule has 0 N–H and O–H groups in total. The number of benzene rings is 1. The van der Waals surface area contributed by atoms with Gasteiger partial charge in [-0.25, -0.2) is 0 Å². The van der Waals surface area contributed by atoms with Crippen molar-refractivity contribution in [3.05, 3.63) is 18.2 Å². The summed E-state index contributed by atoms with van der Waals surface area (Å²) in [5, 5.41) is 0. The molecular formula is C14H14O4. The Kier molecular flexibility index (Phi) is 1.93. The van der Waals surface area contributed by atoms with Crippen LogP contribution in [0.3, 0.4) is 0 Å². The minimum absolute atomic E-state index is 0.105. The summed E-state index contributed by atoms with van der Waals surface area (Å²) in [6.45, 7) is 0. The first-order valence-electron chi connectivity index (χ1n) is 6.48. The lowest BCUT2D eigenvalue weighted by Crippen LogP contribution is -2.45. The summed E-state index contributed by atoms with van der Waals surface area (Å²) < 4.78 is 16.9. The van der Waals surface area contributed by atoms with E-state index in [1.54, 1.807) is 12.1 Å². The summed E-state index contributed by atoms with van der Waals surface area (Å²) in [6.07, 6.45) is 4.90. The fourth-order valence-corrected chi connectivity index (χ4v) is 2.33. The summed E-state index contributed by atoms with van der Waals surface area (Å²) in [7, 11) is 0. The van der Waals surface area contributed by atoms with Gasteiger partial charge in [-0.3, -0.25) is 4.79 Å². The van der Waals surface area contributed by atoms with Gasteiger partial charge in [-0.15, -0.1) is 0 Å². The van der Waals surface area contributed by atoms with E-state index < -0.39 is 5.79 Å². The average molecular weight is 246 g/mol. The predicted molar refractivity (Wildman–Crippen MR) is 62.6 cm³/mol. The number of rotatable bonds is 2. The molecule has 2 fully saturated rings. The van der Waals surface area contributed by atoms with E-state index in [1.807, 2.05) is 6.07 Å². The molecule has 0 unspecified atom stereocenters. The highest BCUT2D eigenvalue weighted by atomic mass is 16.7. The summed E-state index contributed by atoms with van der Waals surface area (Å²) in [5.74, 6) is 1.53. The lowest BCUT2D eigenvalue weighted by atomic mass is 9.91.